The predicted molar refractivity (Wildman–Crippen MR) is 101 cm³/mol. The van der Waals surface area contributed by atoms with Crippen LogP contribution < -0.4 is 5.73 Å². The van der Waals surface area contributed by atoms with Gasteiger partial charge < -0.3 is 40.1 Å². The Balaban J connectivity index is 1.50. The molecule has 2 aliphatic rings. The Morgan fingerprint density at radius 2 is 1.78 bits per heavy atom. The second-order valence-electron chi connectivity index (χ2n) is 7.42. The molecule has 0 spiro atoms. The smallest absolute Gasteiger partial charge is 0.390 e. The number of phosphoric acid groups is 3. The maximum Gasteiger partial charge on any atom is 0.490 e. The van der Waals surface area contributed by atoms with Crippen molar-refractivity contribution in [3.8, 4) is 0 Å². The quantitative estimate of drug-likeness (QED) is 0.208. The van der Waals surface area contributed by atoms with Crippen LogP contribution in [0.15, 0.2) is 12.7 Å². The summed E-state index contributed by atoms with van der Waals surface area (Å²) in [5.74, 6) is -0.370. The van der Waals surface area contributed by atoms with Crippen LogP contribution >= 0.6 is 23.5 Å². The largest absolute Gasteiger partial charge is 0.490 e. The first-order valence-electron chi connectivity index (χ1n) is 8.73. The molecular formula is C12H18N5O12P3. The molecule has 0 aliphatic heterocycles. The minimum absolute atomic E-state index is 0.108. The molecule has 2 aromatic rings. The van der Waals surface area contributed by atoms with Crippen molar-refractivity contribution in [3.63, 3.8) is 0 Å². The van der Waals surface area contributed by atoms with Gasteiger partial charge in [-0.25, -0.2) is 28.6 Å². The first-order chi connectivity index (χ1) is 14.7. The second-order valence-corrected chi connectivity index (χ2v) is 11.8. The highest BCUT2D eigenvalue weighted by atomic mass is 31.3. The van der Waals surface area contributed by atoms with Crippen molar-refractivity contribution in [2.24, 2.45) is 11.3 Å². The van der Waals surface area contributed by atoms with Crippen LogP contribution in [0.4, 0.5) is 5.82 Å². The topological polar surface area (TPSA) is 270 Å². The molecule has 2 aromatic heterocycles. The van der Waals surface area contributed by atoms with Crippen molar-refractivity contribution in [2.75, 3.05) is 12.3 Å². The fourth-order valence-corrected chi connectivity index (χ4v) is 7.22. The zero-order chi connectivity index (χ0) is 23.7. The molecule has 4 rings (SSSR count). The molecule has 2 unspecified atom stereocenters. The summed E-state index contributed by atoms with van der Waals surface area (Å²) in [4.78, 5) is 48.0. The van der Waals surface area contributed by atoms with Gasteiger partial charge in [-0.15, -0.1) is 0 Å². The first kappa shape index (κ1) is 23.8. The number of aliphatic hydroxyl groups excluding tert-OH is 2. The minimum Gasteiger partial charge on any atom is -0.390 e. The molecule has 2 fully saturated rings. The molecule has 0 bridgehead atoms. The number of fused-ring (bicyclic) bond motifs is 2. The molecule has 0 radical (unpaired) electrons. The summed E-state index contributed by atoms with van der Waals surface area (Å²) >= 11 is 0. The molecule has 0 aromatic carbocycles. The standard InChI is InChI=1S/C12H18N5O12P3/c13-10-6-11(15-3-14-10)17(4-16-6)7-5-1-12(5,9(19)8(7)18)2-27-31(23,24)29-32(25,26)28-30(20,21)22/h3-5,7-9,18-19H,1-2H2,(H,23,24)(H,25,26)(H2,13,14,15)(H2,20,21,22)/t5-,7-,8+,9+,12+/m1/s1. The molecule has 2 heterocycles. The van der Waals surface area contributed by atoms with E-state index in [0.717, 1.165) is 0 Å². The number of aromatic nitrogens is 4. The van der Waals surface area contributed by atoms with Gasteiger partial charge in [-0.2, -0.15) is 8.62 Å². The van der Waals surface area contributed by atoms with E-state index in [1.165, 1.54) is 17.2 Å². The number of imidazole rings is 1. The minimum atomic E-state index is -5.67. The third-order valence-corrected chi connectivity index (χ3v) is 9.26. The normalized spacial score (nSPS) is 33.6. The van der Waals surface area contributed by atoms with Gasteiger partial charge in [0.05, 0.1) is 25.1 Å². The average Bonchev–Trinajstić information content (AvgIpc) is 3.12. The van der Waals surface area contributed by atoms with Crippen LogP contribution in [0.2, 0.25) is 0 Å². The van der Waals surface area contributed by atoms with Gasteiger partial charge in [-0.3, -0.25) is 4.52 Å². The summed E-state index contributed by atoms with van der Waals surface area (Å²) in [5.41, 5.74) is 5.11. The van der Waals surface area contributed by atoms with Crippen molar-refractivity contribution < 1.29 is 56.6 Å². The van der Waals surface area contributed by atoms with Gasteiger partial charge in [-0.1, -0.05) is 0 Å². The number of rotatable bonds is 8. The van der Waals surface area contributed by atoms with E-state index in [1.807, 2.05) is 0 Å². The molecule has 0 amide bonds. The van der Waals surface area contributed by atoms with Crippen LogP contribution in [-0.4, -0.2) is 68.1 Å². The van der Waals surface area contributed by atoms with Gasteiger partial charge in [0.25, 0.3) is 0 Å². The van der Waals surface area contributed by atoms with Crippen LogP contribution in [0.3, 0.4) is 0 Å². The first-order valence-corrected chi connectivity index (χ1v) is 13.3. The summed E-state index contributed by atoms with van der Waals surface area (Å²) in [6.45, 7) is -0.695. The molecule has 17 nitrogen and oxygen atoms in total. The number of aliphatic hydroxyl groups is 2. The Morgan fingerprint density at radius 3 is 2.44 bits per heavy atom. The van der Waals surface area contributed by atoms with E-state index in [4.69, 9.17) is 15.5 Å². The van der Waals surface area contributed by atoms with Gasteiger partial charge >= 0.3 is 23.5 Å². The highest BCUT2D eigenvalue weighted by Crippen LogP contribution is 2.71. The summed E-state index contributed by atoms with van der Waals surface area (Å²) in [6.07, 6.45) is -0.00416. The highest BCUT2D eigenvalue weighted by Gasteiger charge is 2.72. The molecule has 20 heteroatoms. The van der Waals surface area contributed by atoms with Crippen LogP contribution in [0.1, 0.15) is 12.5 Å². The Labute approximate surface area is 178 Å². The van der Waals surface area contributed by atoms with E-state index >= 15 is 0 Å². The summed E-state index contributed by atoms with van der Waals surface area (Å²) in [6, 6.07) is -0.756. The summed E-state index contributed by atoms with van der Waals surface area (Å²) < 4.78 is 47.6. The number of phosphoric ester groups is 1. The maximum absolute atomic E-state index is 12.0. The van der Waals surface area contributed by atoms with Crippen molar-refractivity contribution in [1.29, 1.82) is 0 Å². The monoisotopic (exact) mass is 517 g/mol. The lowest BCUT2D eigenvalue weighted by molar-refractivity contribution is -0.0297. The van der Waals surface area contributed by atoms with Crippen LogP contribution in [0, 0.1) is 11.3 Å². The van der Waals surface area contributed by atoms with Crippen molar-refractivity contribution in [1.82, 2.24) is 19.5 Å². The maximum atomic E-state index is 12.0. The predicted octanol–water partition coefficient (Wildman–Crippen LogP) is -0.965. The fraction of sp³-hybridized carbons (Fsp3) is 0.583. The van der Waals surface area contributed by atoms with E-state index < -0.39 is 59.7 Å². The number of nitrogens with zero attached hydrogens (tertiary/aromatic N) is 4. The molecule has 2 aliphatic carbocycles. The molecule has 32 heavy (non-hydrogen) atoms. The number of hydrogen-bond acceptors (Lipinski definition) is 12. The van der Waals surface area contributed by atoms with Gasteiger partial charge in [0.1, 0.15) is 17.9 Å². The Hall–Kier alpha value is -1.32. The SMILES string of the molecule is Nc1ncnc2c1ncn2[C@H]1[C@H](O)[C@H](O)[C@]2(COP(=O)(O)OP(=O)(O)OP(=O)(O)O)C[C@H]12. The zero-order valence-corrected chi connectivity index (χ0v) is 18.4. The van der Waals surface area contributed by atoms with E-state index in [9.17, 15) is 33.7 Å². The molecule has 0 saturated heterocycles. The second kappa shape index (κ2) is 7.60. The van der Waals surface area contributed by atoms with E-state index in [0.29, 0.717) is 5.65 Å². The molecular weight excluding hydrogens is 499 g/mol. The number of nitrogens with two attached hydrogens (primary N) is 1. The number of hydrogen-bond donors (Lipinski definition) is 7. The lowest BCUT2D eigenvalue weighted by atomic mass is 10.0. The lowest BCUT2D eigenvalue weighted by Crippen LogP contribution is -2.35. The number of nitrogen functional groups attached to an aromatic ring is 1. The third kappa shape index (κ3) is 4.28. The van der Waals surface area contributed by atoms with Crippen LogP contribution in [0.25, 0.3) is 11.2 Å². The molecule has 2 saturated carbocycles. The average molecular weight is 517 g/mol. The van der Waals surface area contributed by atoms with Crippen molar-refractivity contribution in [3.05, 3.63) is 12.7 Å². The molecule has 8 N–H and O–H groups in total. The lowest BCUT2D eigenvalue weighted by Gasteiger charge is -2.24. The van der Waals surface area contributed by atoms with Gasteiger partial charge in [0.15, 0.2) is 11.5 Å². The fourth-order valence-electron chi connectivity index (χ4n) is 4.12. The number of anilines is 1. The van der Waals surface area contributed by atoms with Crippen LogP contribution in [0.5, 0.6) is 0 Å². The third-order valence-electron chi connectivity index (χ3n) is 5.47. The Morgan fingerprint density at radius 1 is 1.09 bits per heavy atom. The molecule has 178 valence electrons. The summed E-state index contributed by atoms with van der Waals surface area (Å²) in [7, 11) is -16.6. The van der Waals surface area contributed by atoms with Crippen molar-refractivity contribution in [2.45, 2.75) is 24.7 Å². The zero-order valence-electron chi connectivity index (χ0n) is 15.7. The van der Waals surface area contributed by atoms with Gasteiger partial charge in [0, 0.05) is 5.41 Å². The molecule has 7 atom stereocenters. The van der Waals surface area contributed by atoms with Crippen LogP contribution in [-0.2, 0) is 26.8 Å². The highest BCUT2D eigenvalue weighted by molar-refractivity contribution is 7.66. The Kier molecular flexibility index (Phi) is 5.66. The summed E-state index contributed by atoms with van der Waals surface area (Å²) in [5, 5.41) is 21.2. The van der Waals surface area contributed by atoms with E-state index in [-0.39, 0.29) is 17.8 Å². The van der Waals surface area contributed by atoms with Crippen molar-refractivity contribution >= 4 is 40.4 Å². The van der Waals surface area contributed by atoms with E-state index in [1.54, 1.807) is 0 Å². The Bertz CT molecular complexity index is 1200. The van der Waals surface area contributed by atoms with Gasteiger partial charge in [-0.05, 0) is 12.3 Å². The van der Waals surface area contributed by atoms with Gasteiger partial charge in [0.2, 0.25) is 0 Å². The van der Waals surface area contributed by atoms with E-state index in [2.05, 4.69) is 28.1 Å².